The van der Waals surface area contributed by atoms with Gasteiger partial charge in [0.25, 0.3) is 0 Å². The number of aryl methyl sites for hydroxylation is 1. The van der Waals surface area contributed by atoms with Crippen LogP contribution in [0.3, 0.4) is 0 Å². The number of anilines is 1. The van der Waals surface area contributed by atoms with E-state index in [-0.39, 0.29) is 5.92 Å². The Hall–Kier alpha value is -2.49. The molecule has 0 spiro atoms. The lowest BCUT2D eigenvalue weighted by Gasteiger charge is -2.17. The van der Waals surface area contributed by atoms with Gasteiger partial charge in [-0.3, -0.25) is 5.32 Å². The fourth-order valence-electron chi connectivity index (χ4n) is 3.45. The minimum Gasteiger partial charge on any atom is -0.492 e. The molecule has 1 unspecified atom stereocenters. The summed E-state index contributed by atoms with van der Waals surface area (Å²) in [6.45, 7) is 8.81. The van der Waals surface area contributed by atoms with E-state index in [2.05, 4.69) is 43.4 Å². The Morgan fingerprint density at radius 1 is 1.25 bits per heavy atom. The molecule has 2 aromatic rings. The standard InChI is InChI=1S/C20H23NO3/c1-11(2)14-5-7-15(8-6-14)16-10-24-17-9-12(3)19(21-20(22)23)13(4)18(16)17/h5-9,11,16,21H,10H2,1-4H3,(H,22,23). The fraction of sp³-hybridized carbons (Fsp3) is 0.350. The van der Waals surface area contributed by atoms with Crippen molar-refractivity contribution in [1.82, 2.24) is 0 Å². The van der Waals surface area contributed by atoms with Gasteiger partial charge in [-0.2, -0.15) is 0 Å². The molecule has 4 heteroatoms. The monoisotopic (exact) mass is 325 g/mol. The lowest BCUT2D eigenvalue weighted by atomic mass is 9.87. The largest absolute Gasteiger partial charge is 0.492 e. The smallest absolute Gasteiger partial charge is 0.409 e. The van der Waals surface area contributed by atoms with Crippen molar-refractivity contribution in [1.29, 1.82) is 0 Å². The summed E-state index contributed by atoms with van der Waals surface area (Å²) < 4.78 is 5.89. The van der Waals surface area contributed by atoms with Gasteiger partial charge in [-0.25, -0.2) is 4.79 Å². The maximum atomic E-state index is 11.1. The van der Waals surface area contributed by atoms with E-state index < -0.39 is 6.09 Å². The number of hydrogen-bond donors (Lipinski definition) is 2. The highest BCUT2D eigenvalue weighted by Gasteiger charge is 2.30. The van der Waals surface area contributed by atoms with E-state index >= 15 is 0 Å². The molecule has 126 valence electrons. The number of carboxylic acid groups (broad SMARTS) is 1. The lowest BCUT2D eigenvalue weighted by molar-refractivity contribution is 0.209. The van der Waals surface area contributed by atoms with Crippen molar-refractivity contribution in [3.05, 3.63) is 58.1 Å². The molecule has 0 fully saturated rings. The first-order valence-electron chi connectivity index (χ1n) is 8.25. The molecule has 1 aliphatic heterocycles. The van der Waals surface area contributed by atoms with Crippen molar-refractivity contribution in [2.45, 2.75) is 39.5 Å². The number of fused-ring (bicyclic) bond motifs is 1. The van der Waals surface area contributed by atoms with Gasteiger partial charge >= 0.3 is 6.09 Å². The molecule has 0 radical (unpaired) electrons. The zero-order valence-corrected chi connectivity index (χ0v) is 14.5. The maximum Gasteiger partial charge on any atom is 0.409 e. The summed E-state index contributed by atoms with van der Waals surface area (Å²) >= 11 is 0. The second-order valence-corrected chi connectivity index (χ2v) is 6.72. The van der Waals surface area contributed by atoms with E-state index in [4.69, 9.17) is 9.84 Å². The van der Waals surface area contributed by atoms with Crippen molar-refractivity contribution >= 4 is 11.8 Å². The molecule has 0 aliphatic carbocycles. The maximum absolute atomic E-state index is 11.1. The van der Waals surface area contributed by atoms with Gasteiger partial charge in [0.05, 0.1) is 12.3 Å². The molecule has 0 bridgehead atoms. The Labute approximate surface area is 142 Å². The van der Waals surface area contributed by atoms with Crippen LogP contribution in [0.25, 0.3) is 0 Å². The Kier molecular flexibility index (Phi) is 4.22. The number of nitrogens with one attached hydrogen (secondary N) is 1. The Bertz CT molecular complexity index is 778. The molecule has 1 atom stereocenters. The van der Waals surface area contributed by atoms with Crippen LogP contribution >= 0.6 is 0 Å². The molecule has 1 heterocycles. The summed E-state index contributed by atoms with van der Waals surface area (Å²) in [7, 11) is 0. The first-order valence-corrected chi connectivity index (χ1v) is 8.25. The van der Waals surface area contributed by atoms with Crippen LogP contribution < -0.4 is 10.1 Å². The highest BCUT2D eigenvalue weighted by Crippen LogP contribution is 2.44. The zero-order valence-electron chi connectivity index (χ0n) is 14.5. The van der Waals surface area contributed by atoms with Crippen LogP contribution in [0, 0.1) is 13.8 Å². The van der Waals surface area contributed by atoms with Crippen molar-refractivity contribution < 1.29 is 14.6 Å². The quantitative estimate of drug-likeness (QED) is 0.831. The SMILES string of the molecule is Cc1cc2c(c(C)c1NC(=O)O)C(c1ccc(C(C)C)cc1)CO2. The normalized spacial score (nSPS) is 16.0. The van der Waals surface area contributed by atoms with E-state index in [0.717, 1.165) is 22.4 Å². The molecular weight excluding hydrogens is 302 g/mol. The average Bonchev–Trinajstić information content (AvgIpc) is 2.95. The second kappa shape index (κ2) is 6.19. The van der Waals surface area contributed by atoms with Crippen LogP contribution in [-0.4, -0.2) is 17.8 Å². The molecule has 0 saturated heterocycles. The van der Waals surface area contributed by atoms with Gasteiger partial charge < -0.3 is 9.84 Å². The topological polar surface area (TPSA) is 58.6 Å². The summed E-state index contributed by atoms with van der Waals surface area (Å²) in [6, 6.07) is 10.6. The number of amides is 1. The van der Waals surface area contributed by atoms with Crippen LogP contribution in [0.15, 0.2) is 30.3 Å². The Morgan fingerprint density at radius 3 is 2.50 bits per heavy atom. The molecule has 0 aromatic heterocycles. The average molecular weight is 325 g/mol. The van der Waals surface area contributed by atoms with E-state index in [0.29, 0.717) is 18.2 Å². The van der Waals surface area contributed by atoms with Gasteiger partial charge in [0.1, 0.15) is 5.75 Å². The summed E-state index contributed by atoms with van der Waals surface area (Å²) in [6.07, 6.45) is -1.04. The fourth-order valence-corrected chi connectivity index (χ4v) is 3.45. The first kappa shape index (κ1) is 16.4. The van der Waals surface area contributed by atoms with Crippen LogP contribution in [0.5, 0.6) is 5.75 Å². The summed E-state index contributed by atoms with van der Waals surface area (Å²) in [5.41, 5.74) is 6.09. The van der Waals surface area contributed by atoms with Gasteiger partial charge in [-0.15, -0.1) is 0 Å². The number of carbonyl (C=O) groups is 1. The highest BCUT2D eigenvalue weighted by molar-refractivity contribution is 5.86. The van der Waals surface area contributed by atoms with E-state index in [1.54, 1.807) is 0 Å². The van der Waals surface area contributed by atoms with Crippen LogP contribution in [0.4, 0.5) is 10.5 Å². The number of ether oxygens (including phenoxy) is 1. The van der Waals surface area contributed by atoms with E-state index in [9.17, 15) is 4.79 Å². The van der Waals surface area contributed by atoms with Gasteiger partial charge in [0.15, 0.2) is 0 Å². The Morgan fingerprint density at radius 2 is 1.92 bits per heavy atom. The molecule has 24 heavy (non-hydrogen) atoms. The van der Waals surface area contributed by atoms with Crippen molar-refractivity contribution in [3.63, 3.8) is 0 Å². The molecule has 1 aliphatic rings. The lowest BCUT2D eigenvalue weighted by Crippen LogP contribution is -2.11. The highest BCUT2D eigenvalue weighted by atomic mass is 16.5. The summed E-state index contributed by atoms with van der Waals surface area (Å²) in [5, 5.41) is 11.6. The van der Waals surface area contributed by atoms with Crippen molar-refractivity contribution in [3.8, 4) is 5.75 Å². The first-order chi connectivity index (χ1) is 11.4. The van der Waals surface area contributed by atoms with E-state index in [1.807, 2.05) is 19.9 Å². The summed E-state index contributed by atoms with van der Waals surface area (Å²) in [4.78, 5) is 11.1. The van der Waals surface area contributed by atoms with Gasteiger partial charge in [0.2, 0.25) is 0 Å². The molecule has 2 aromatic carbocycles. The molecule has 1 amide bonds. The predicted molar refractivity (Wildman–Crippen MR) is 95.4 cm³/mol. The summed E-state index contributed by atoms with van der Waals surface area (Å²) in [5.74, 6) is 1.50. The second-order valence-electron chi connectivity index (χ2n) is 6.72. The van der Waals surface area contributed by atoms with Gasteiger partial charge in [-0.1, -0.05) is 38.1 Å². The predicted octanol–water partition coefficient (Wildman–Crippen LogP) is 5.04. The molecular formula is C20H23NO3. The number of benzene rings is 2. The van der Waals surface area contributed by atoms with Crippen LogP contribution in [0.2, 0.25) is 0 Å². The van der Waals surface area contributed by atoms with Crippen LogP contribution in [-0.2, 0) is 0 Å². The third kappa shape index (κ3) is 2.84. The molecule has 3 rings (SSSR count). The van der Waals surface area contributed by atoms with E-state index in [1.165, 1.54) is 11.1 Å². The zero-order chi connectivity index (χ0) is 17.4. The van der Waals surface area contributed by atoms with Crippen molar-refractivity contribution in [2.75, 3.05) is 11.9 Å². The molecule has 0 saturated carbocycles. The molecule has 4 nitrogen and oxygen atoms in total. The van der Waals surface area contributed by atoms with Gasteiger partial charge in [-0.05, 0) is 48.1 Å². The van der Waals surface area contributed by atoms with Crippen LogP contribution in [0.1, 0.15) is 53.5 Å². The third-order valence-corrected chi connectivity index (χ3v) is 4.78. The Balaban J connectivity index is 2.03. The molecule has 2 N–H and O–H groups in total. The minimum atomic E-state index is -1.04. The number of hydrogen-bond acceptors (Lipinski definition) is 2. The van der Waals surface area contributed by atoms with Gasteiger partial charge in [0, 0.05) is 11.5 Å². The third-order valence-electron chi connectivity index (χ3n) is 4.78. The minimum absolute atomic E-state index is 0.135. The number of rotatable bonds is 3. The van der Waals surface area contributed by atoms with Crippen molar-refractivity contribution in [2.24, 2.45) is 0 Å².